The van der Waals surface area contributed by atoms with Crippen LogP contribution in [0.1, 0.15) is 34.1 Å². The van der Waals surface area contributed by atoms with Crippen molar-refractivity contribution in [2.75, 3.05) is 7.05 Å². The summed E-state index contributed by atoms with van der Waals surface area (Å²) in [5, 5.41) is 3.28. The SMILES string of the molecule is CNC(c1ccc(C)c(C)c1)c1ncc(C)cn1. The molecule has 0 saturated carbocycles. The molecule has 0 aliphatic rings. The highest BCUT2D eigenvalue weighted by atomic mass is 15.0. The van der Waals surface area contributed by atoms with Crippen molar-refractivity contribution >= 4 is 0 Å². The van der Waals surface area contributed by atoms with Crippen LogP contribution in [0, 0.1) is 20.8 Å². The largest absolute Gasteiger partial charge is 0.307 e. The van der Waals surface area contributed by atoms with Crippen LogP contribution in [0.25, 0.3) is 0 Å². The highest BCUT2D eigenvalue weighted by molar-refractivity contribution is 5.34. The third-order valence-corrected chi connectivity index (χ3v) is 3.21. The Morgan fingerprint density at radius 2 is 1.67 bits per heavy atom. The lowest BCUT2D eigenvalue weighted by molar-refractivity contribution is 0.644. The van der Waals surface area contributed by atoms with Gasteiger partial charge in [0.05, 0.1) is 6.04 Å². The molecule has 1 atom stereocenters. The minimum Gasteiger partial charge on any atom is -0.307 e. The van der Waals surface area contributed by atoms with Crippen LogP contribution in [0.4, 0.5) is 0 Å². The van der Waals surface area contributed by atoms with E-state index in [4.69, 9.17) is 0 Å². The summed E-state index contributed by atoms with van der Waals surface area (Å²) < 4.78 is 0. The Balaban J connectivity index is 2.38. The Morgan fingerprint density at radius 3 is 2.22 bits per heavy atom. The van der Waals surface area contributed by atoms with Gasteiger partial charge >= 0.3 is 0 Å². The zero-order chi connectivity index (χ0) is 13.1. The van der Waals surface area contributed by atoms with Gasteiger partial charge in [0.2, 0.25) is 0 Å². The predicted octanol–water partition coefficient (Wildman–Crippen LogP) is 2.71. The maximum Gasteiger partial charge on any atom is 0.149 e. The van der Waals surface area contributed by atoms with E-state index in [0.29, 0.717) is 0 Å². The minimum atomic E-state index is 0.0462. The van der Waals surface area contributed by atoms with Crippen molar-refractivity contribution in [1.82, 2.24) is 15.3 Å². The van der Waals surface area contributed by atoms with Crippen molar-refractivity contribution in [2.45, 2.75) is 26.8 Å². The first kappa shape index (κ1) is 12.7. The Morgan fingerprint density at radius 1 is 1.00 bits per heavy atom. The molecule has 2 rings (SSSR count). The fourth-order valence-corrected chi connectivity index (χ4v) is 1.94. The first-order valence-electron chi connectivity index (χ1n) is 6.15. The van der Waals surface area contributed by atoms with Crippen LogP contribution in [-0.4, -0.2) is 17.0 Å². The number of nitrogens with one attached hydrogen (secondary N) is 1. The monoisotopic (exact) mass is 241 g/mol. The quantitative estimate of drug-likeness (QED) is 0.897. The highest BCUT2D eigenvalue weighted by Gasteiger charge is 2.14. The van der Waals surface area contributed by atoms with E-state index in [9.17, 15) is 0 Å². The van der Waals surface area contributed by atoms with Crippen LogP contribution >= 0.6 is 0 Å². The number of aromatic nitrogens is 2. The van der Waals surface area contributed by atoms with Gasteiger partial charge in [0.25, 0.3) is 0 Å². The molecule has 0 aliphatic carbocycles. The minimum absolute atomic E-state index is 0.0462. The molecule has 1 aromatic heterocycles. The zero-order valence-corrected chi connectivity index (χ0v) is 11.4. The number of hydrogen-bond acceptors (Lipinski definition) is 3. The topological polar surface area (TPSA) is 37.8 Å². The van der Waals surface area contributed by atoms with Crippen molar-refractivity contribution in [2.24, 2.45) is 0 Å². The van der Waals surface area contributed by atoms with Gasteiger partial charge in [-0.25, -0.2) is 9.97 Å². The average molecular weight is 241 g/mol. The maximum absolute atomic E-state index is 4.40. The lowest BCUT2D eigenvalue weighted by Crippen LogP contribution is -2.20. The summed E-state index contributed by atoms with van der Waals surface area (Å²) in [5.74, 6) is 0.811. The molecule has 1 unspecified atom stereocenters. The molecule has 18 heavy (non-hydrogen) atoms. The normalized spacial score (nSPS) is 12.4. The molecule has 0 amide bonds. The summed E-state index contributed by atoms with van der Waals surface area (Å²) in [4.78, 5) is 8.81. The molecule has 3 nitrogen and oxygen atoms in total. The lowest BCUT2D eigenvalue weighted by atomic mass is 10.0. The number of benzene rings is 1. The van der Waals surface area contributed by atoms with Gasteiger partial charge in [0.15, 0.2) is 0 Å². The van der Waals surface area contributed by atoms with Crippen molar-refractivity contribution in [3.63, 3.8) is 0 Å². The van der Waals surface area contributed by atoms with Crippen molar-refractivity contribution in [1.29, 1.82) is 0 Å². The summed E-state index contributed by atoms with van der Waals surface area (Å²) in [6.07, 6.45) is 3.71. The molecule has 0 fully saturated rings. The standard InChI is InChI=1S/C15H19N3/c1-10-8-17-15(18-9-10)14(16-4)13-6-5-11(2)12(3)7-13/h5-9,14,16H,1-4H3. The second-order valence-corrected chi connectivity index (χ2v) is 4.68. The molecule has 0 bridgehead atoms. The van der Waals surface area contributed by atoms with E-state index in [0.717, 1.165) is 11.4 Å². The van der Waals surface area contributed by atoms with Gasteiger partial charge in [0.1, 0.15) is 5.82 Å². The Bertz CT molecular complexity index is 532. The third kappa shape index (κ3) is 2.57. The maximum atomic E-state index is 4.40. The van der Waals surface area contributed by atoms with E-state index in [-0.39, 0.29) is 6.04 Å². The molecule has 0 radical (unpaired) electrons. The van der Waals surface area contributed by atoms with Crippen LogP contribution in [0.15, 0.2) is 30.6 Å². The summed E-state index contributed by atoms with van der Waals surface area (Å²) in [6.45, 7) is 6.24. The summed E-state index contributed by atoms with van der Waals surface area (Å²) in [6, 6.07) is 6.51. The van der Waals surface area contributed by atoms with Gasteiger partial charge in [-0.3, -0.25) is 0 Å². The van der Waals surface area contributed by atoms with Crippen LogP contribution < -0.4 is 5.32 Å². The van der Waals surface area contributed by atoms with Crippen molar-refractivity contribution in [3.05, 3.63) is 58.7 Å². The number of nitrogens with zero attached hydrogens (tertiary/aromatic N) is 2. The van der Waals surface area contributed by atoms with Gasteiger partial charge in [-0.05, 0) is 50.1 Å². The number of rotatable bonds is 3. The van der Waals surface area contributed by atoms with Crippen molar-refractivity contribution < 1.29 is 0 Å². The smallest absolute Gasteiger partial charge is 0.149 e. The zero-order valence-electron chi connectivity index (χ0n) is 11.4. The lowest BCUT2D eigenvalue weighted by Gasteiger charge is -2.16. The molecular weight excluding hydrogens is 222 g/mol. The van der Waals surface area contributed by atoms with E-state index in [1.54, 1.807) is 0 Å². The van der Waals surface area contributed by atoms with Crippen LogP contribution in [0.3, 0.4) is 0 Å². The molecule has 0 saturated heterocycles. The number of hydrogen-bond donors (Lipinski definition) is 1. The second kappa shape index (κ2) is 5.27. The fraction of sp³-hybridized carbons (Fsp3) is 0.333. The second-order valence-electron chi connectivity index (χ2n) is 4.68. The van der Waals surface area contributed by atoms with Crippen LogP contribution in [0.5, 0.6) is 0 Å². The third-order valence-electron chi connectivity index (χ3n) is 3.21. The van der Waals surface area contributed by atoms with E-state index in [1.165, 1.54) is 16.7 Å². The van der Waals surface area contributed by atoms with E-state index in [2.05, 4.69) is 47.3 Å². The van der Waals surface area contributed by atoms with E-state index in [1.807, 2.05) is 26.4 Å². The van der Waals surface area contributed by atoms with Gasteiger partial charge in [0, 0.05) is 12.4 Å². The molecule has 0 aliphatic heterocycles. The van der Waals surface area contributed by atoms with E-state index < -0.39 is 0 Å². The first-order chi connectivity index (χ1) is 8.61. The summed E-state index contributed by atoms with van der Waals surface area (Å²) in [7, 11) is 1.93. The molecule has 1 aromatic carbocycles. The molecule has 0 spiro atoms. The van der Waals surface area contributed by atoms with Crippen molar-refractivity contribution in [3.8, 4) is 0 Å². The molecule has 94 valence electrons. The van der Waals surface area contributed by atoms with Crippen LogP contribution in [-0.2, 0) is 0 Å². The van der Waals surface area contributed by atoms with Gasteiger partial charge in [-0.1, -0.05) is 18.2 Å². The molecule has 1 heterocycles. The summed E-state index contributed by atoms with van der Waals surface area (Å²) in [5.41, 5.74) is 4.87. The Hall–Kier alpha value is -1.74. The first-order valence-corrected chi connectivity index (χ1v) is 6.15. The van der Waals surface area contributed by atoms with E-state index >= 15 is 0 Å². The summed E-state index contributed by atoms with van der Waals surface area (Å²) >= 11 is 0. The molecule has 1 N–H and O–H groups in total. The van der Waals surface area contributed by atoms with Gasteiger partial charge in [-0.15, -0.1) is 0 Å². The Labute approximate surface area is 108 Å². The Kier molecular flexibility index (Phi) is 3.72. The molecule has 3 heteroatoms. The highest BCUT2D eigenvalue weighted by Crippen LogP contribution is 2.21. The molecule has 2 aromatic rings. The fourth-order valence-electron chi connectivity index (χ4n) is 1.94. The number of aryl methyl sites for hydroxylation is 3. The average Bonchev–Trinajstić information content (AvgIpc) is 2.37. The van der Waals surface area contributed by atoms with Gasteiger partial charge in [-0.2, -0.15) is 0 Å². The predicted molar refractivity (Wildman–Crippen MR) is 73.6 cm³/mol. The molecular formula is C15H19N3. The van der Waals surface area contributed by atoms with Crippen LogP contribution in [0.2, 0.25) is 0 Å². The van der Waals surface area contributed by atoms with Gasteiger partial charge < -0.3 is 5.32 Å².